The Bertz CT molecular complexity index is 1330. The molecule has 0 saturated carbocycles. The summed E-state index contributed by atoms with van der Waals surface area (Å²) in [5, 5.41) is 11.5. The molecule has 2 atom stereocenters. The SMILES string of the molecule is COC(=O)c1cnc(O[C@H]2CN3c4cc(-c5cccc(F)c5OC)nnc4NC[C@@]3(CF)C2)c(F)c1. The number of para-hydroxylation sites is 1. The zero-order valence-corrected chi connectivity index (χ0v) is 19.4. The molecule has 0 spiro atoms. The summed E-state index contributed by atoms with van der Waals surface area (Å²) in [4.78, 5) is 17.3. The maximum atomic E-state index is 14.6. The first-order valence-electron chi connectivity index (χ1n) is 11.1. The molecule has 0 amide bonds. The Kier molecular flexibility index (Phi) is 6.02. The van der Waals surface area contributed by atoms with Crippen molar-refractivity contribution in [2.75, 3.05) is 44.2 Å². The molecule has 1 aromatic carbocycles. The van der Waals surface area contributed by atoms with Gasteiger partial charge in [0, 0.05) is 24.7 Å². The zero-order valence-electron chi connectivity index (χ0n) is 19.4. The van der Waals surface area contributed by atoms with Crippen LogP contribution >= 0.6 is 0 Å². The van der Waals surface area contributed by atoms with Crippen molar-refractivity contribution in [2.24, 2.45) is 0 Å². The smallest absolute Gasteiger partial charge is 0.339 e. The number of carbonyl (C=O) groups is 1. The molecule has 36 heavy (non-hydrogen) atoms. The fraction of sp³-hybridized carbons (Fsp3) is 0.333. The average molecular weight is 501 g/mol. The molecule has 188 valence electrons. The molecular weight excluding hydrogens is 479 g/mol. The Balaban J connectivity index is 1.45. The molecule has 2 aliphatic heterocycles. The van der Waals surface area contributed by atoms with Crippen LogP contribution in [0.2, 0.25) is 0 Å². The molecule has 5 rings (SSSR count). The maximum Gasteiger partial charge on any atom is 0.339 e. The van der Waals surface area contributed by atoms with Gasteiger partial charge in [-0.2, -0.15) is 0 Å². The number of fused-ring (bicyclic) bond motifs is 3. The van der Waals surface area contributed by atoms with Crippen LogP contribution in [-0.2, 0) is 4.74 Å². The lowest BCUT2D eigenvalue weighted by atomic mass is 9.94. The van der Waals surface area contributed by atoms with Crippen LogP contribution in [0.15, 0.2) is 36.5 Å². The highest BCUT2D eigenvalue weighted by molar-refractivity contribution is 5.89. The number of esters is 1. The molecule has 4 heterocycles. The lowest BCUT2D eigenvalue weighted by Crippen LogP contribution is -2.54. The molecule has 0 radical (unpaired) electrons. The van der Waals surface area contributed by atoms with Crippen LogP contribution in [0.25, 0.3) is 11.3 Å². The van der Waals surface area contributed by atoms with Gasteiger partial charge in [-0.15, -0.1) is 10.2 Å². The number of pyridine rings is 1. The summed E-state index contributed by atoms with van der Waals surface area (Å²) in [6, 6.07) is 7.12. The average Bonchev–Trinajstić information content (AvgIpc) is 3.28. The van der Waals surface area contributed by atoms with Gasteiger partial charge in [0.1, 0.15) is 12.8 Å². The number of rotatable bonds is 6. The fourth-order valence-electron chi connectivity index (χ4n) is 4.68. The second kappa shape index (κ2) is 9.17. The van der Waals surface area contributed by atoms with Gasteiger partial charge in [0.2, 0.25) is 0 Å². The minimum absolute atomic E-state index is 0.0202. The van der Waals surface area contributed by atoms with Crippen molar-refractivity contribution in [2.45, 2.75) is 18.1 Å². The van der Waals surface area contributed by atoms with Gasteiger partial charge >= 0.3 is 5.97 Å². The lowest BCUT2D eigenvalue weighted by molar-refractivity contribution is 0.0599. The van der Waals surface area contributed by atoms with Crippen LogP contribution in [0.3, 0.4) is 0 Å². The summed E-state index contributed by atoms with van der Waals surface area (Å²) in [7, 11) is 2.54. The van der Waals surface area contributed by atoms with Gasteiger partial charge in [-0.1, -0.05) is 6.07 Å². The molecule has 12 heteroatoms. The van der Waals surface area contributed by atoms with E-state index >= 15 is 0 Å². The van der Waals surface area contributed by atoms with Crippen molar-refractivity contribution < 1.29 is 32.2 Å². The Hall–Kier alpha value is -4.09. The summed E-state index contributed by atoms with van der Waals surface area (Å²) in [5.74, 6) is -1.95. The maximum absolute atomic E-state index is 14.6. The van der Waals surface area contributed by atoms with Gasteiger partial charge in [-0.3, -0.25) is 0 Å². The van der Waals surface area contributed by atoms with E-state index in [2.05, 4.69) is 25.2 Å². The Morgan fingerprint density at radius 2 is 2.06 bits per heavy atom. The summed E-state index contributed by atoms with van der Waals surface area (Å²) in [6.45, 7) is -0.272. The molecule has 2 aromatic heterocycles. The van der Waals surface area contributed by atoms with Crippen LogP contribution < -0.4 is 19.7 Å². The van der Waals surface area contributed by atoms with Crippen LogP contribution in [-0.4, -0.2) is 66.8 Å². The van der Waals surface area contributed by atoms with Gasteiger partial charge in [-0.05, 0) is 24.3 Å². The lowest BCUT2D eigenvalue weighted by Gasteiger charge is -2.42. The van der Waals surface area contributed by atoms with E-state index in [1.165, 1.54) is 26.4 Å². The van der Waals surface area contributed by atoms with Gasteiger partial charge in [-0.25, -0.2) is 22.9 Å². The molecule has 9 nitrogen and oxygen atoms in total. The standard InChI is InChI=1S/C24H22F3N5O4/c1-34-20-15(4-3-5-16(20)26)18-7-19-21(31-30-18)29-12-24(11-25)8-14(10-32(19)24)36-22-17(27)6-13(9-28-22)23(33)35-2/h3-7,9,14H,8,10-12H2,1-2H3,(H,29,31)/t14-,24+/m1/s1. The number of hydrogen-bond donors (Lipinski definition) is 1. The van der Waals surface area contributed by atoms with E-state index in [1.807, 2.05) is 4.90 Å². The molecule has 1 saturated heterocycles. The van der Waals surface area contributed by atoms with Crippen LogP contribution in [0.1, 0.15) is 16.8 Å². The minimum atomic E-state index is -0.980. The van der Waals surface area contributed by atoms with E-state index < -0.39 is 35.9 Å². The summed E-state index contributed by atoms with van der Waals surface area (Å²) >= 11 is 0. The highest BCUT2D eigenvalue weighted by Crippen LogP contribution is 2.44. The third-order valence-electron chi connectivity index (χ3n) is 6.42. The van der Waals surface area contributed by atoms with E-state index in [4.69, 9.17) is 9.47 Å². The highest BCUT2D eigenvalue weighted by Gasteiger charge is 2.50. The van der Waals surface area contributed by atoms with Gasteiger partial charge in [0.15, 0.2) is 23.2 Å². The zero-order chi connectivity index (χ0) is 25.4. The number of nitrogens with one attached hydrogen (secondary N) is 1. The van der Waals surface area contributed by atoms with Gasteiger partial charge in [0.25, 0.3) is 5.88 Å². The predicted molar refractivity (Wildman–Crippen MR) is 123 cm³/mol. The van der Waals surface area contributed by atoms with E-state index in [0.29, 0.717) is 22.8 Å². The van der Waals surface area contributed by atoms with Crippen molar-refractivity contribution in [3.05, 3.63) is 53.7 Å². The number of carbonyl (C=O) groups excluding carboxylic acids is 1. The van der Waals surface area contributed by atoms with Crippen molar-refractivity contribution in [1.29, 1.82) is 0 Å². The van der Waals surface area contributed by atoms with Crippen molar-refractivity contribution in [1.82, 2.24) is 15.2 Å². The topological polar surface area (TPSA) is 98.7 Å². The molecular formula is C24H22F3N5O4. The number of nitrogens with zero attached hydrogens (tertiary/aromatic N) is 4. The number of ether oxygens (including phenoxy) is 3. The van der Waals surface area contributed by atoms with Crippen LogP contribution in [0.4, 0.5) is 24.7 Å². The number of hydrogen-bond acceptors (Lipinski definition) is 9. The molecule has 2 aliphatic rings. The number of alkyl halides is 1. The third kappa shape index (κ3) is 3.91. The molecule has 1 N–H and O–H groups in total. The summed E-state index contributed by atoms with van der Waals surface area (Å²) < 4.78 is 58.9. The normalized spacial score (nSPS) is 20.2. The first-order chi connectivity index (χ1) is 17.4. The number of aromatic nitrogens is 3. The van der Waals surface area contributed by atoms with E-state index in [-0.39, 0.29) is 36.7 Å². The molecule has 1 fully saturated rings. The van der Waals surface area contributed by atoms with E-state index in [0.717, 1.165) is 12.3 Å². The number of halogens is 3. The fourth-order valence-corrected chi connectivity index (χ4v) is 4.68. The minimum Gasteiger partial charge on any atom is -0.493 e. The first-order valence-corrected chi connectivity index (χ1v) is 11.1. The Morgan fingerprint density at radius 3 is 2.78 bits per heavy atom. The van der Waals surface area contributed by atoms with Crippen molar-refractivity contribution in [3.63, 3.8) is 0 Å². The molecule has 0 aliphatic carbocycles. The Morgan fingerprint density at radius 1 is 1.22 bits per heavy atom. The van der Waals surface area contributed by atoms with E-state index in [9.17, 15) is 18.0 Å². The van der Waals surface area contributed by atoms with Gasteiger partial charge < -0.3 is 24.4 Å². The highest BCUT2D eigenvalue weighted by atomic mass is 19.1. The monoisotopic (exact) mass is 501 g/mol. The van der Waals surface area contributed by atoms with Crippen LogP contribution in [0, 0.1) is 11.6 Å². The van der Waals surface area contributed by atoms with E-state index in [1.54, 1.807) is 12.1 Å². The summed E-state index contributed by atoms with van der Waals surface area (Å²) in [6.07, 6.45) is 0.777. The number of anilines is 2. The predicted octanol–water partition coefficient (Wildman–Crippen LogP) is 3.40. The second-order valence-corrected chi connectivity index (χ2v) is 8.55. The third-order valence-corrected chi connectivity index (χ3v) is 6.42. The van der Waals surface area contributed by atoms with Crippen molar-refractivity contribution >= 4 is 17.5 Å². The first kappa shape index (κ1) is 23.6. The quantitative estimate of drug-likeness (QED) is 0.510. The molecule has 0 bridgehead atoms. The number of methoxy groups -OCH3 is 2. The Labute approximate surface area is 204 Å². The molecule has 3 aromatic rings. The van der Waals surface area contributed by atoms with Gasteiger partial charge in [0.05, 0.1) is 43.2 Å². The largest absolute Gasteiger partial charge is 0.493 e. The molecule has 0 unspecified atom stereocenters. The van der Waals surface area contributed by atoms with Crippen molar-refractivity contribution in [3.8, 4) is 22.9 Å². The second-order valence-electron chi connectivity index (χ2n) is 8.55. The van der Waals surface area contributed by atoms with Crippen LogP contribution in [0.5, 0.6) is 11.6 Å². The summed E-state index contributed by atoms with van der Waals surface area (Å²) in [5.41, 5.74) is 0.260. The number of benzene rings is 1.